The van der Waals surface area contributed by atoms with E-state index in [4.69, 9.17) is 10.7 Å². The van der Waals surface area contributed by atoms with Crippen molar-refractivity contribution in [2.24, 2.45) is 0 Å². The quantitative estimate of drug-likeness (QED) is 0.837. The van der Waals surface area contributed by atoms with Crippen LogP contribution < -0.4 is 5.32 Å². The van der Waals surface area contributed by atoms with Gasteiger partial charge in [0.1, 0.15) is 0 Å². The van der Waals surface area contributed by atoms with Gasteiger partial charge in [0.05, 0.1) is 11.9 Å². The zero-order chi connectivity index (χ0) is 13.3. The molecule has 0 fully saturated rings. The molecule has 1 aromatic rings. The Bertz CT molecular complexity index is 526. The third-order valence-electron chi connectivity index (χ3n) is 1.50. The van der Waals surface area contributed by atoms with Crippen LogP contribution in [0.4, 0.5) is 18.9 Å². The zero-order valence-electron chi connectivity index (χ0n) is 7.82. The van der Waals surface area contributed by atoms with Crippen LogP contribution in [0.5, 0.6) is 0 Å². The van der Waals surface area contributed by atoms with Gasteiger partial charge in [0, 0.05) is 10.7 Å². The van der Waals surface area contributed by atoms with Gasteiger partial charge in [-0.15, -0.1) is 0 Å². The summed E-state index contributed by atoms with van der Waals surface area (Å²) in [5.74, 6) is -2.18. The number of hydrogen-bond donors (Lipinski definition) is 1. The SMILES string of the molecule is O=C(Nc1ccc(S(=O)(=O)Cl)nc1)C(F)(F)F. The van der Waals surface area contributed by atoms with Crippen LogP contribution in [-0.4, -0.2) is 25.5 Å². The number of carbonyl (C=O) groups excluding carboxylic acids is 1. The number of anilines is 1. The average Bonchev–Trinajstić information content (AvgIpc) is 2.15. The lowest BCUT2D eigenvalue weighted by Crippen LogP contribution is -2.29. The molecule has 0 aliphatic heterocycles. The molecule has 0 aliphatic rings. The highest BCUT2D eigenvalue weighted by Crippen LogP contribution is 2.19. The number of amides is 1. The van der Waals surface area contributed by atoms with Crippen molar-refractivity contribution in [2.45, 2.75) is 11.2 Å². The van der Waals surface area contributed by atoms with Crippen molar-refractivity contribution in [2.75, 3.05) is 5.32 Å². The molecule has 1 amide bonds. The van der Waals surface area contributed by atoms with E-state index in [0.717, 1.165) is 18.3 Å². The predicted molar refractivity (Wildman–Crippen MR) is 52.0 cm³/mol. The molecular formula is C7H4ClF3N2O3S. The van der Waals surface area contributed by atoms with E-state index in [2.05, 4.69) is 4.98 Å². The molecule has 17 heavy (non-hydrogen) atoms. The minimum Gasteiger partial charge on any atom is -0.317 e. The fraction of sp³-hybridized carbons (Fsp3) is 0.143. The number of rotatable bonds is 2. The Morgan fingerprint density at radius 2 is 1.94 bits per heavy atom. The summed E-state index contributed by atoms with van der Waals surface area (Å²) >= 11 is 0. The van der Waals surface area contributed by atoms with E-state index in [1.54, 1.807) is 0 Å². The largest absolute Gasteiger partial charge is 0.471 e. The molecule has 0 radical (unpaired) electrons. The van der Waals surface area contributed by atoms with Crippen LogP contribution in [0.15, 0.2) is 23.4 Å². The Hall–Kier alpha value is -1.35. The highest BCUT2D eigenvalue weighted by Gasteiger charge is 2.38. The molecule has 1 rings (SSSR count). The normalized spacial score (nSPS) is 12.2. The zero-order valence-corrected chi connectivity index (χ0v) is 9.40. The maximum Gasteiger partial charge on any atom is 0.471 e. The summed E-state index contributed by atoms with van der Waals surface area (Å²) in [4.78, 5) is 13.8. The fourth-order valence-corrected chi connectivity index (χ4v) is 1.48. The summed E-state index contributed by atoms with van der Waals surface area (Å²) in [6.07, 6.45) is -4.28. The van der Waals surface area contributed by atoms with Crippen LogP contribution in [0.3, 0.4) is 0 Å². The number of alkyl halides is 3. The van der Waals surface area contributed by atoms with Crippen LogP contribution in [0, 0.1) is 0 Å². The lowest BCUT2D eigenvalue weighted by Gasteiger charge is -2.07. The molecular weight excluding hydrogens is 285 g/mol. The Morgan fingerprint density at radius 3 is 2.29 bits per heavy atom. The summed E-state index contributed by atoms with van der Waals surface area (Å²) in [6, 6.07) is 1.81. The maximum atomic E-state index is 11.9. The molecule has 0 unspecified atom stereocenters. The Balaban J connectivity index is 2.87. The van der Waals surface area contributed by atoms with Crippen molar-refractivity contribution in [1.82, 2.24) is 4.98 Å². The molecule has 94 valence electrons. The van der Waals surface area contributed by atoms with Gasteiger partial charge in [0.15, 0.2) is 5.03 Å². The summed E-state index contributed by atoms with van der Waals surface area (Å²) in [6.45, 7) is 0. The van der Waals surface area contributed by atoms with Gasteiger partial charge >= 0.3 is 12.1 Å². The van der Waals surface area contributed by atoms with Crippen LogP contribution in [0.25, 0.3) is 0 Å². The lowest BCUT2D eigenvalue weighted by molar-refractivity contribution is -0.167. The smallest absolute Gasteiger partial charge is 0.317 e. The molecule has 1 aromatic heterocycles. The van der Waals surface area contributed by atoms with E-state index >= 15 is 0 Å². The van der Waals surface area contributed by atoms with Crippen molar-refractivity contribution in [3.63, 3.8) is 0 Å². The second-order valence-corrected chi connectivity index (χ2v) is 5.29. The van der Waals surface area contributed by atoms with Crippen molar-refractivity contribution in [3.8, 4) is 0 Å². The molecule has 0 saturated heterocycles. The molecule has 1 N–H and O–H groups in total. The Kier molecular flexibility index (Phi) is 3.62. The van der Waals surface area contributed by atoms with Gasteiger partial charge in [-0.25, -0.2) is 13.4 Å². The predicted octanol–water partition coefficient (Wildman–Crippen LogP) is 1.51. The van der Waals surface area contributed by atoms with Gasteiger partial charge in [0.2, 0.25) is 0 Å². The minimum atomic E-state index is -5.03. The number of aromatic nitrogens is 1. The van der Waals surface area contributed by atoms with Crippen molar-refractivity contribution in [1.29, 1.82) is 0 Å². The number of hydrogen-bond acceptors (Lipinski definition) is 4. The van der Waals surface area contributed by atoms with Gasteiger partial charge in [-0.3, -0.25) is 4.79 Å². The van der Waals surface area contributed by atoms with Crippen molar-refractivity contribution in [3.05, 3.63) is 18.3 Å². The van der Waals surface area contributed by atoms with Crippen molar-refractivity contribution < 1.29 is 26.4 Å². The molecule has 0 atom stereocenters. The molecule has 10 heteroatoms. The van der Waals surface area contributed by atoms with Gasteiger partial charge in [-0.05, 0) is 12.1 Å². The van der Waals surface area contributed by atoms with E-state index in [9.17, 15) is 26.4 Å². The second-order valence-electron chi connectivity index (χ2n) is 2.77. The molecule has 0 aromatic carbocycles. The summed E-state index contributed by atoms with van der Waals surface area (Å²) in [5.41, 5.74) is -0.295. The highest BCUT2D eigenvalue weighted by atomic mass is 35.7. The lowest BCUT2D eigenvalue weighted by atomic mass is 10.4. The number of nitrogens with one attached hydrogen (secondary N) is 1. The van der Waals surface area contributed by atoms with Crippen LogP contribution in [0.1, 0.15) is 0 Å². The number of nitrogens with zero attached hydrogens (tertiary/aromatic N) is 1. The van der Waals surface area contributed by atoms with Crippen LogP contribution >= 0.6 is 10.7 Å². The summed E-state index contributed by atoms with van der Waals surface area (Å²) in [7, 11) is 0.881. The van der Waals surface area contributed by atoms with E-state index in [0.29, 0.717) is 0 Å². The van der Waals surface area contributed by atoms with Gasteiger partial charge < -0.3 is 5.32 Å². The third-order valence-corrected chi connectivity index (χ3v) is 2.72. The van der Waals surface area contributed by atoms with Crippen molar-refractivity contribution >= 4 is 31.3 Å². The first kappa shape index (κ1) is 13.7. The van der Waals surface area contributed by atoms with E-state index in [1.165, 1.54) is 5.32 Å². The molecule has 0 aliphatic carbocycles. The van der Waals surface area contributed by atoms with Gasteiger partial charge in [0.25, 0.3) is 9.05 Å². The topological polar surface area (TPSA) is 76.1 Å². The van der Waals surface area contributed by atoms with Gasteiger partial charge in [-0.2, -0.15) is 13.2 Å². The van der Waals surface area contributed by atoms with Crippen LogP contribution in [0.2, 0.25) is 0 Å². The third kappa shape index (κ3) is 3.86. The molecule has 5 nitrogen and oxygen atoms in total. The van der Waals surface area contributed by atoms with E-state index in [1.807, 2.05) is 0 Å². The first-order valence-corrected chi connectivity index (χ1v) is 6.20. The first-order chi connectivity index (χ1) is 7.60. The standard InChI is InChI=1S/C7H4ClF3N2O3S/c8-17(15,16)5-2-1-4(3-12-5)13-6(14)7(9,10)11/h1-3H,(H,13,14). The average molecular weight is 289 g/mol. The van der Waals surface area contributed by atoms with E-state index < -0.39 is 26.2 Å². The Morgan fingerprint density at radius 1 is 1.35 bits per heavy atom. The number of pyridine rings is 1. The van der Waals surface area contributed by atoms with Crippen LogP contribution in [-0.2, 0) is 13.8 Å². The molecule has 0 saturated carbocycles. The Labute approximate surface area is 98.0 Å². The first-order valence-electron chi connectivity index (χ1n) is 3.89. The van der Waals surface area contributed by atoms with E-state index in [-0.39, 0.29) is 5.69 Å². The highest BCUT2D eigenvalue weighted by molar-refractivity contribution is 8.13. The summed E-state index contributed by atoms with van der Waals surface area (Å²) in [5, 5.41) is 0.972. The minimum absolute atomic E-state index is 0.295. The maximum absolute atomic E-state index is 11.9. The molecule has 0 bridgehead atoms. The summed E-state index contributed by atoms with van der Waals surface area (Å²) < 4.78 is 57.1. The number of carbonyl (C=O) groups is 1. The second kappa shape index (κ2) is 4.49. The fourth-order valence-electron chi connectivity index (χ4n) is 0.800. The number of halogens is 4. The molecule has 1 heterocycles. The monoisotopic (exact) mass is 288 g/mol. The molecule has 0 spiro atoms. The van der Waals surface area contributed by atoms with Gasteiger partial charge in [-0.1, -0.05) is 0 Å².